The predicted molar refractivity (Wildman–Crippen MR) is 142 cm³/mol. The Labute approximate surface area is 211 Å². The van der Waals surface area contributed by atoms with E-state index in [2.05, 4.69) is 49.1 Å². The van der Waals surface area contributed by atoms with E-state index in [9.17, 15) is 13.6 Å². The second-order valence-electron chi connectivity index (χ2n) is 11.1. The van der Waals surface area contributed by atoms with E-state index < -0.39 is 30.6 Å². The Morgan fingerprint density at radius 2 is 1.56 bits per heavy atom. The zero-order valence-corrected chi connectivity index (χ0v) is 24.6. The monoisotopic (exact) mass is 580 g/mol. The van der Waals surface area contributed by atoms with Crippen molar-refractivity contribution >= 4 is 24.2 Å². The van der Waals surface area contributed by atoms with Crippen molar-refractivity contribution in [3.05, 3.63) is 45.6 Å². The molecular formula is C30H46F2OSn. The van der Waals surface area contributed by atoms with E-state index >= 15 is 0 Å². The first kappa shape index (κ1) is 27.9. The van der Waals surface area contributed by atoms with Crippen molar-refractivity contribution in [1.82, 2.24) is 0 Å². The molecule has 0 radical (unpaired) electrons. The van der Waals surface area contributed by atoms with E-state index in [1.807, 2.05) is 6.07 Å². The summed E-state index contributed by atoms with van der Waals surface area (Å²) in [6.07, 6.45) is 8.39. The number of fused-ring (bicyclic) bond motifs is 1. The summed E-state index contributed by atoms with van der Waals surface area (Å²) in [7, 11) is 0. The van der Waals surface area contributed by atoms with Gasteiger partial charge < -0.3 is 0 Å². The standard InChI is InChI=1S/C18H19F2O.3C4H9.Sn/c1-11-7-8-13-9-14(10-15(21)18(19)20)17(16(11)13)12-5-3-2-4-6-12;3*1-3-4-2;/h1-6,13-14,16-18H,7-10H2;3*1,3-4H2,2H3;/t13-,14+,16-,17-;;;;/m0..../s1. The number of allylic oxidation sites excluding steroid dienone is 1. The third kappa shape index (κ3) is 6.95. The van der Waals surface area contributed by atoms with E-state index in [4.69, 9.17) is 0 Å². The van der Waals surface area contributed by atoms with Gasteiger partial charge in [-0.05, 0) is 0 Å². The summed E-state index contributed by atoms with van der Waals surface area (Å²) >= 11 is -2.46. The second-order valence-corrected chi connectivity index (χ2v) is 24.0. The van der Waals surface area contributed by atoms with Crippen LogP contribution in [0.2, 0.25) is 13.3 Å². The number of rotatable bonds is 14. The van der Waals surface area contributed by atoms with Crippen LogP contribution in [0.4, 0.5) is 8.78 Å². The second kappa shape index (κ2) is 13.6. The molecule has 2 aliphatic rings. The molecule has 3 rings (SSSR count). The van der Waals surface area contributed by atoms with Gasteiger partial charge in [0.2, 0.25) is 0 Å². The van der Waals surface area contributed by atoms with Gasteiger partial charge in [0.1, 0.15) is 0 Å². The van der Waals surface area contributed by atoms with E-state index in [-0.39, 0.29) is 18.3 Å². The van der Waals surface area contributed by atoms with Gasteiger partial charge in [-0.25, -0.2) is 0 Å². The fourth-order valence-electron chi connectivity index (χ4n) is 7.07. The number of hydrogen-bond acceptors (Lipinski definition) is 1. The Morgan fingerprint density at radius 3 is 2.09 bits per heavy atom. The van der Waals surface area contributed by atoms with Crippen LogP contribution in [0, 0.1) is 17.8 Å². The van der Waals surface area contributed by atoms with Crippen LogP contribution in [0.3, 0.4) is 0 Å². The molecule has 0 bridgehead atoms. The number of unbranched alkanes of at least 4 members (excludes halogenated alkanes) is 3. The number of hydrogen-bond donors (Lipinski definition) is 0. The molecule has 190 valence electrons. The average Bonchev–Trinajstić information content (AvgIpc) is 3.39. The maximum atomic E-state index is 13.2. The predicted octanol–water partition coefficient (Wildman–Crippen LogP) is 9.36. The number of alkyl halides is 2. The molecule has 34 heavy (non-hydrogen) atoms. The molecule has 2 aliphatic carbocycles. The molecule has 0 aromatic heterocycles. The molecule has 0 amide bonds. The molecule has 0 unspecified atom stereocenters. The number of halogens is 2. The normalized spacial score (nSPS) is 25.9. The number of carbonyl (C=O) groups is 1. The van der Waals surface area contributed by atoms with Crippen LogP contribution < -0.4 is 0 Å². The Kier molecular flexibility index (Phi) is 11.1. The zero-order valence-electron chi connectivity index (χ0n) is 21.7. The summed E-state index contributed by atoms with van der Waals surface area (Å²) < 4.78 is 33.7. The molecule has 0 N–H and O–H groups in total. The van der Waals surface area contributed by atoms with Gasteiger partial charge in [-0.3, -0.25) is 0 Å². The van der Waals surface area contributed by atoms with E-state index in [0.29, 0.717) is 11.8 Å². The molecule has 1 nitrogen and oxygen atoms in total. The van der Waals surface area contributed by atoms with Crippen molar-refractivity contribution in [1.29, 1.82) is 0 Å². The van der Waals surface area contributed by atoms with Crippen LogP contribution in [-0.2, 0) is 4.79 Å². The van der Waals surface area contributed by atoms with Crippen molar-refractivity contribution < 1.29 is 13.6 Å². The van der Waals surface area contributed by atoms with Gasteiger partial charge in [-0.2, -0.15) is 0 Å². The van der Waals surface area contributed by atoms with Crippen molar-refractivity contribution in [2.45, 2.75) is 111 Å². The quantitative estimate of drug-likeness (QED) is 0.201. The van der Waals surface area contributed by atoms with Gasteiger partial charge in [0.25, 0.3) is 0 Å². The fourth-order valence-corrected chi connectivity index (χ4v) is 22.7. The van der Waals surface area contributed by atoms with E-state index in [1.165, 1.54) is 70.2 Å². The van der Waals surface area contributed by atoms with Gasteiger partial charge in [-0.15, -0.1) is 0 Å². The molecule has 0 saturated heterocycles. The van der Waals surface area contributed by atoms with Crippen molar-refractivity contribution in [2.75, 3.05) is 0 Å². The van der Waals surface area contributed by atoms with Gasteiger partial charge in [0, 0.05) is 0 Å². The number of ketones is 1. The molecule has 1 aromatic carbocycles. The topological polar surface area (TPSA) is 17.1 Å². The molecule has 0 aliphatic heterocycles. The average molecular weight is 579 g/mol. The number of Topliss-reactive ketones (excluding diaryl/α,β-unsaturated/α-hetero) is 1. The first-order valence-corrected chi connectivity index (χ1v) is 21.7. The molecule has 2 fully saturated rings. The van der Waals surface area contributed by atoms with Crippen LogP contribution in [0.25, 0.3) is 0 Å². The first-order chi connectivity index (χ1) is 16.4. The van der Waals surface area contributed by atoms with Crippen LogP contribution in [-0.4, -0.2) is 30.6 Å². The summed E-state index contributed by atoms with van der Waals surface area (Å²) in [5.74, 6) is 0.418. The van der Waals surface area contributed by atoms with Gasteiger partial charge in [-0.1, -0.05) is 0 Å². The summed E-state index contributed by atoms with van der Waals surface area (Å²) in [6.45, 7) is 6.96. The van der Waals surface area contributed by atoms with Crippen LogP contribution >= 0.6 is 0 Å². The Balaban J connectivity index is 1.97. The van der Waals surface area contributed by atoms with Crippen LogP contribution in [0.15, 0.2) is 40.0 Å². The van der Waals surface area contributed by atoms with Crippen molar-refractivity contribution in [2.24, 2.45) is 17.8 Å². The van der Waals surface area contributed by atoms with Crippen molar-refractivity contribution in [3.63, 3.8) is 0 Å². The fraction of sp³-hybridized carbons (Fsp3) is 0.700. The van der Waals surface area contributed by atoms with Crippen LogP contribution in [0.1, 0.15) is 96.5 Å². The molecule has 4 atom stereocenters. The molecule has 2 saturated carbocycles. The molecule has 0 spiro atoms. The van der Waals surface area contributed by atoms with Crippen LogP contribution in [0.5, 0.6) is 0 Å². The third-order valence-corrected chi connectivity index (χ3v) is 23.1. The Morgan fingerprint density at radius 1 is 0.971 bits per heavy atom. The van der Waals surface area contributed by atoms with E-state index in [1.54, 1.807) is 5.57 Å². The minimum absolute atomic E-state index is 0.0352. The minimum atomic E-state index is -2.84. The van der Waals surface area contributed by atoms with E-state index in [0.717, 1.165) is 6.42 Å². The zero-order chi connectivity index (χ0) is 24.6. The SMILES string of the molecule is CCC[CH2][Sn]([CH]=C1CC[C@H]2C[C@H](CC(=O)C(F)F)[C@H](c3ccccc3)[C@@H]12)([CH2]CCC)[CH2]CCC. The Hall–Kier alpha value is -0.711. The summed E-state index contributed by atoms with van der Waals surface area (Å²) in [6, 6.07) is 10.5. The number of carbonyl (C=O) groups excluding carboxylic acids is 1. The van der Waals surface area contributed by atoms with Gasteiger partial charge in [0.15, 0.2) is 0 Å². The first-order valence-electron chi connectivity index (χ1n) is 14.0. The van der Waals surface area contributed by atoms with Crippen molar-refractivity contribution in [3.8, 4) is 0 Å². The van der Waals surface area contributed by atoms with Gasteiger partial charge in [0.05, 0.1) is 0 Å². The molecule has 4 heteroatoms. The maximum absolute atomic E-state index is 13.2. The third-order valence-electron chi connectivity index (χ3n) is 8.71. The Bertz CT molecular complexity index is 768. The molecular weight excluding hydrogens is 533 g/mol. The molecule has 1 aromatic rings. The summed E-state index contributed by atoms with van der Waals surface area (Å²) in [4.78, 5) is 12.1. The van der Waals surface area contributed by atoms with Gasteiger partial charge >= 0.3 is 212 Å². The summed E-state index contributed by atoms with van der Waals surface area (Å²) in [5.41, 5.74) is 2.93. The summed E-state index contributed by atoms with van der Waals surface area (Å²) in [5, 5.41) is 0. The molecule has 0 heterocycles. The number of benzene rings is 1.